The third-order valence-corrected chi connectivity index (χ3v) is 3.70. The van der Waals surface area contributed by atoms with E-state index in [-0.39, 0.29) is 0 Å². The standard InChI is InChI=1S/C16H24ClNO3/c1-3-6-21-16-12(8-13(17)9-15(16)19-2)10-18-11-14-5-4-7-20-14/h8-9,14,18H,3-7,10-11H2,1-2H3. The number of hydrogen-bond donors (Lipinski definition) is 1. The number of ether oxygens (including phenoxy) is 3. The maximum atomic E-state index is 6.15. The number of benzene rings is 1. The maximum Gasteiger partial charge on any atom is 0.165 e. The van der Waals surface area contributed by atoms with Crippen LogP contribution in [0.15, 0.2) is 12.1 Å². The SMILES string of the molecule is CCCOc1c(CNCC2CCCO2)cc(Cl)cc1OC. The maximum absolute atomic E-state index is 6.15. The van der Waals surface area contributed by atoms with Gasteiger partial charge >= 0.3 is 0 Å². The van der Waals surface area contributed by atoms with E-state index >= 15 is 0 Å². The molecule has 1 unspecified atom stereocenters. The van der Waals surface area contributed by atoms with Crippen molar-refractivity contribution in [2.75, 3.05) is 26.9 Å². The minimum Gasteiger partial charge on any atom is -0.493 e. The first-order valence-corrected chi connectivity index (χ1v) is 7.94. The number of halogens is 1. The number of nitrogens with one attached hydrogen (secondary N) is 1. The summed E-state index contributed by atoms with van der Waals surface area (Å²) < 4.78 is 16.8. The first kappa shape index (κ1) is 16.4. The van der Waals surface area contributed by atoms with E-state index < -0.39 is 0 Å². The van der Waals surface area contributed by atoms with Gasteiger partial charge in [0.2, 0.25) is 0 Å². The molecule has 0 radical (unpaired) electrons. The molecule has 0 spiro atoms. The van der Waals surface area contributed by atoms with Gasteiger partial charge in [0.15, 0.2) is 11.5 Å². The molecule has 1 aromatic carbocycles. The van der Waals surface area contributed by atoms with Crippen LogP contribution in [0.2, 0.25) is 5.02 Å². The Kier molecular flexibility index (Phi) is 6.61. The van der Waals surface area contributed by atoms with E-state index in [0.717, 1.165) is 43.7 Å². The van der Waals surface area contributed by atoms with Crippen molar-refractivity contribution in [2.24, 2.45) is 0 Å². The van der Waals surface area contributed by atoms with E-state index in [1.54, 1.807) is 13.2 Å². The smallest absolute Gasteiger partial charge is 0.165 e. The zero-order valence-electron chi connectivity index (χ0n) is 12.8. The van der Waals surface area contributed by atoms with Crippen LogP contribution in [-0.4, -0.2) is 33.0 Å². The minimum atomic E-state index is 0.325. The van der Waals surface area contributed by atoms with E-state index in [4.69, 9.17) is 25.8 Å². The largest absolute Gasteiger partial charge is 0.493 e. The van der Waals surface area contributed by atoms with Gasteiger partial charge in [0.05, 0.1) is 19.8 Å². The molecule has 1 aliphatic rings. The Morgan fingerprint density at radius 1 is 1.43 bits per heavy atom. The lowest BCUT2D eigenvalue weighted by Gasteiger charge is -2.17. The minimum absolute atomic E-state index is 0.325. The van der Waals surface area contributed by atoms with E-state index in [1.165, 1.54) is 0 Å². The molecule has 2 rings (SSSR count). The summed E-state index contributed by atoms with van der Waals surface area (Å²) >= 11 is 6.15. The fourth-order valence-electron chi connectivity index (χ4n) is 2.45. The molecule has 4 nitrogen and oxygen atoms in total. The van der Waals surface area contributed by atoms with Crippen LogP contribution in [-0.2, 0) is 11.3 Å². The Morgan fingerprint density at radius 3 is 2.95 bits per heavy atom. The van der Waals surface area contributed by atoms with Crippen LogP contribution in [0.5, 0.6) is 11.5 Å². The molecule has 0 aliphatic carbocycles. The third-order valence-electron chi connectivity index (χ3n) is 3.48. The molecule has 21 heavy (non-hydrogen) atoms. The van der Waals surface area contributed by atoms with Gasteiger partial charge in [-0.3, -0.25) is 0 Å². The van der Waals surface area contributed by atoms with E-state index in [1.807, 2.05) is 6.07 Å². The highest BCUT2D eigenvalue weighted by Crippen LogP contribution is 2.34. The lowest BCUT2D eigenvalue weighted by atomic mass is 10.1. The summed E-state index contributed by atoms with van der Waals surface area (Å²) in [4.78, 5) is 0. The fourth-order valence-corrected chi connectivity index (χ4v) is 2.68. The van der Waals surface area contributed by atoms with Gasteiger partial charge in [-0.25, -0.2) is 0 Å². The first-order chi connectivity index (χ1) is 10.2. The van der Waals surface area contributed by atoms with Crippen LogP contribution >= 0.6 is 11.6 Å². The second kappa shape index (κ2) is 8.47. The number of hydrogen-bond acceptors (Lipinski definition) is 4. The Hall–Kier alpha value is -0.970. The molecule has 1 aliphatic heterocycles. The second-order valence-corrected chi connectivity index (χ2v) is 5.65. The lowest BCUT2D eigenvalue weighted by molar-refractivity contribution is 0.110. The molecule has 1 heterocycles. The third kappa shape index (κ3) is 4.77. The first-order valence-electron chi connectivity index (χ1n) is 7.56. The van der Waals surface area contributed by atoms with Crippen LogP contribution in [0.25, 0.3) is 0 Å². The van der Waals surface area contributed by atoms with Gasteiger partial charge in [0.25, 0.3) is 0 Å². The van der Waals surface area contributed by atoms with Crippen molar-refractivity contribution in [1.82, 2.24) is 5.32 Å². The monoisotopic (exact) mass is 313 g/mol. The van der Waals surface area contributed by atoms with Crippen molar-refractivity contribution < 1.29 is 14.2 Å². The van der Waals surface area contributed by atoms with E-state index in [0.29, 0.717) is 30.0 Å². The van der Waals surface area contributed by atoms with Gasteiger partial charge in [0, 0.05) is 36.3 Å². The van der Waals surface area contributed by atoms with Crippen molar-refractivity contribution in [3.8, 4) is 11.5 Å². The molecule has 118 valence electrons. The fraction of sp³-hybridized carbons (Fsp3) is 0.625. The zero-order chi connectivity index (χ0) is 15.1. The molecule has 0 saturated carbocycles. The van der Waals surface area contributed by atoms with Crippen molar-refractivity contribution in [1.29, 1.82) is 0 Å². The van der Waals surface area contributed by atoms with Gasteiger partial charge in [-0.05, 0) is 25.3 Å². The van der Waals surface area contributed by atoms with Gasteiger partial charge in [-0.1, -0.05) is 18.5 Å². The Labute approximate surface area is 131 Å². The van der Waals surface area contributed by atoms with Crippen molar-refractivity contribution in [2.45, 2.75) is 38.8 Å². The Bertz CT molecular complexity index is 447. The molecule has 1 aromatic rings. The Balaban J connectivity index is 2.02. The van der Waals surface area contributed by atoms with Crippen molar-refractivity contribution in [3.63, 3.8) is 0 Å². The summed E-state index contributed by atoms with van der Waals surface area (Å²) in [6, 6.07) is 3.72. The molecule has 0 aromatic heterocycles. The molecule has 5 heteroatoms. The molecule has 1 N–H and O–H groups in total. The summed E-state index contributed by atoms with van der Waals surface area (Å²) in [5.74, 6) is 1.47. The molecule has 1 atom stereocenters. The van der Waals surface area contributed by atoms with Crippen molar-refractivity contribution >= 4 is 11.6 Å². The summed E-state index contributed by atoms with van der Waals surface area (Å²) in [6.07, 6.45) is 3.56. The summed E-state index contributed by atoms with van der Waals surface area (Å²) in [5, 5.41) is 4.08. The molecular weight excluding hydrogens is 290 g/mol. The van der Waals surface area contributed by atoms with Gasteiger partial charge in [0.1, 0.15) is 0 Å². The van der Waals surface area contributed by atoms with Crippen LogP contribution in [0.1, 0.15) is 31.7 Å². The topological polar surface area (TPSA) is 39.7 Å². The highest BCUT2D eigenvalue weighted by molar-refractivity contribution is 6.30. The molecule has 0 amide bonds. The van der Waals surface area contributed by atoms with Crippen LogP contribution in [0, 0.1) is 0 Å². The lowest BCUT2D eigenvalue weighted by Crippen LogP contribution is -2.26. The number of methoxy groups -OCH3 is 1. The van der Waals surface area contributed by atoms with Crippen molar-refractivity contribution in [3.05, 3.63) is 22.7 Å². The van der Waals surface area contributed by atoms with Crippen LogP contribution < -0.4 is 14.8 Å². The predicted molar refractivity (Wildman–Crippen MR) is 84.5 cm³/mol. The summed E-state index contributed by atoms with van der Waals surface area (Å²) in [6.45, 7) is 5.16. The van der Waals surface area contributed by atoms with E-state index in [2.05, 4.69) is 12.2 Å². The highest BCUT2D eigenvalue weighted by atomic mass is 35.5. The quantitative estimate of drug-likeness (QED) is 0.798. The van der Waals surface area contributed by atoms with E-state index in [9.17, 15) is 0 Å². The number of rotatable bonds is 8. The van der Waals surface area contributed by atoms with Crippen LogP contribution in [0.4, 0.5) is 0 Å². The molecule has 1 fully saturated rings. The Morgan fingerprint density at radius 2 is 2.29 bits per heavy atom. The van der Waals surface area contributed by atoms with Crippen LogP contribution in [0.3, 0.4) is 0 Å². The average Bonchev–Trinajstić information content (AvgIpc) is 2.99. The molecular formula is C16H24ClNO3. The molecule has 1 saturated heterocycles. The second-order valence-electron chi connectivity index (χ2n) is 5.21. The van der Waals surface area contributed by atoms with Gasteiger partial charge in [-0.15, -0.1) is 0 Å². The van der Waals surface area contributed by atoms with Gasteiger partial charge < -0.3 is 19.5 Å². The van der Waals surface area contributed by atoms with Gasteiger partial charge in [-0.2, -0.15) is 0 Å². The predicted octanol–water partition coefficient (Wildman–Crippen LogP) is 3.41. The normalized spacial score (nSPS) is 18.0. The summed E-state index contributed by atoms with van der Waals surface area (Å²) in [7, 11) is 1.63. The molecule has 0 bridgehead atoms. The summed E-state index contributed by atoms with van der Waals surface area (Å²) in [5.41, 5.74) is 1.02. The zero-order valence-corrected chi connectivity index (χ0v) is 13.5. The highest BCUT2D eigenvalue weighted by Gasteiger charge is 2.16. The average molecular weight is 314 g/mol.